The molecule has 2 N–H and O–H groups in total. The third-order valence-corrected chi connectivity index (χ3v) is 3.01. The predicted molar refractivity (Wildman–Crippen MR) is 65.9 cm³/mol. The van der Waals surface area contributed by atoms with Crippen LogP contribution in [0.2, 0.25) is 0 Å². The zero-order valence-electron chi connectivity index (χ0n) is 8.13. The molecule has 0 aliphatic carbocycles. The lowest BCUT2D eigenvalue weighted by molar-refractivity contribution is 0.0921. The first-order chi connectivity index (χ1) is 7.04. The van der Waals surface area contributed by atoms with E-state index in [4.69, 9.17) is 5.11 Å². The Kier molecular flexibility index (Phi) is 4.76. The SMILES string of the molecule is C[C@H](CO)NC(=O)c1cc(Br)ccc1Br. The molecule has 0 bridgehead atoms. The van der Waals surface area contributed by atoms with Crippen molar-refractivity contribution in [3.8, 4) is 0 Å². The maximum atomic E-state index is 11.7. The maximum absolute atomic E-state index is 11.7. The molecule has 1 amide bonds. The van der Waals surface area contributed by atoms with Crippen LogP contribution >= 0.6 is 31.9 Å². The normalized spacial score (nSPS) is 12.3. The topological polar surface area (TPSA) is 49.3 Å². The highest BCUT2D eigenvalue weighted by Gasteiger charge is 2.12. The first-order valence-corrected chi connectivity index (χ1v) is 6.00. The Hall–Kier alpha value is -0.390. The van der Waals surface area contributed by atoms with Gasteiger partial charge in [0.1, 0.15) is 0 Å². The monoisotopic (exact) mass is 335 g/mol. The van der Waals surface area contributed by atoms with Crippen molar-refractivity contribution in [1.29, 1.82) is 0 Å². The zero-order valence-corrected chi connectivity index (χ0v) is 11.3. The summed E-state index contributed by atoms with van der Waals surface area (Å²) >= 11 is 6.60. The summed E-state index contributed by atoms with van der Waals surface area (Å²) in [6.07, 6.45) is 0. The minimum Gasteiger partial charge on any atom is -0.394 e. The van der Waals surface area contributed by atoms with Crippen molar-refractivity contribution in [1.82, 2.24) is 5.32 Å². The molecule has 5 heteroatoms. The number of carbonyl (C=O) groups excluding carboxylic acids is 1. The molecule has 1 aromatic carbocycles. The van der Waals surface area contributed by atoms with Gasteiger partial charge in [0.25, 0.3) is 5.91 Å². The quantitative estimate of drug-likeness (QED) is 0.890. The minimum atomic E-state index is -0.247. The van der Waals surface area contributed by atoms with Crippen molar-refractivity contribution in [3.63, 3.8) is 0 Å². The molecular formula is C10H11Br2NO2. The highest BCUT2D eigenvalue weighted by atomic mass is 79.9. The molecule has 0 radical (unpaired) electrons. The first kappa shape index (κ1) is 12.7. The molecule has 0 aliphatic rings. The fourth-order valence-corrected chi connectivity index (χ4v) is 1.81. The van der Waals surface area contributed by atoms with Crippen LogP contribution in [0.4, 0.5) is 0 Å². The minimum absolute atomic E-state index is 0.0721. The van der Waals surface area contributed by atoms with E-state index in [2.05, 4.69) is 37.2 Å². The molecule has 0 aliphatic heterocycles. The fraction of sp³-hybridized carbons (Fsp3) is 0.300. The summed E-state index contributed by atoms with van der Waals surface area (Å²) < 4.78 is 1.57. The van der Waals surface area contributed by atoms with E-state index in [-0.39, 0.29) is 18.6 Å². The van der Waals surface area contributed by atoms with E-state index in [1.54, 1.807) is 19.1 Å². The Bertz CT molecular complexity index is 368. The van der Waals surface area contributed by atoms with Gasteiger partial charge in [0.2, 0.25) is 0 Å². The molecule has 1 rings (SSSR count). The van der Waals surface area contributed by atoms with E-state index in [1.807, 2.05) is 6.07 Å². The largest absolute Gasteiger partial charge is 0.394 e. The van der Waals surface area contributed by atoms with Crippen molar-refractivity contribution in [3.05, 3.63) is 32.7 Å². The molecule has 0 spiro atoms. The van der Waals surface area contributed by atoms with Crippen LogP contribution in [0.25, 0.3) is 0 Å². The summed E-state index contributed by atoms with van der Waals surface area (Å²) in [5.74, 6) is -0.204. The van der Waals surface area contributed by atoms with Gasteiger partial charge in [-0.15, -0.1) is 0 Å². The highest BCUT2D eigenvalue weighted by molar-refractivity contribution is 9.11. The second-order valence-electron chi connectivity index (χ2n) is 3.18. The Morgan fingerprint density at radius 3 is 2.80 bits per heavy atom. The molecule has 0 aromatic heterocycles. The van der Waals surface area contributed by atoms with Crippen LogP contribution in [0.15, 0.2) is 27.1 Å². The molecule has 0 saturated heterocycles. The number of carbonyl (C=O) groups is 1. The molecule has 0 unspecified atom stereocenters. The molecular weight excluding hydrogens is 326 g/mol. The molecule has 0 saturated carbocycles. The smallest absolute Gasteiger partial charge is 0.252 e. The van der Waals surface area contributed by atoms with Crippen molar-refractivity contribution < 1.29 is 9.90 Å². The maximum Gasteiger partial charge on any atom is 0.252 e. The number of benzene rings is 1. The van der Waals surface area contributed by atoms with Crippen LogP contribution in [0.5, 0.6) is 0 Å². The van der Waals surface area contributed by atoms with Gasteiger partial charge >= 0.3 is 0 Å². The van der Waals surface area contributed by atoms with E-state index in [0.717, 1.165) is 8.95 Å². The predicted octanol–water partition coefficient (Wildman–Crippen LogP) is 2.32. The molecule has 1 atom stereocenters. The van der Waals surface area contributed by atoms with Gasteiger partial charge in [-0.05, 0) is 41.1 Å². The number of aliphatic hydroxyl groups excluding tert-OH is 1. The third-order valence-electron chi connectivity index (χ3n) is 1.82. The number of nitrogens with one attached hydrogen (secondary N) is 1. The van der Waals surface area contributed by atoms with Gasteiger partial charge in [0, 0.05) is 15.0 Å². The number of hydrogen-bond donors (Lipinski definition) is 2. The number of aliphatic hydroxyl groups is 1. The summed E-state index contributed by atoms with van der Waals surface area (Å²) in [5, 5.41) is 11.5. The van der Waals surface area contributed by atoms with Crippen molar-refractivity contribution in [2.24, 2.45) is 0 Å². The summed E-state index contributed by atoms with van der Waals surface area (Å²) in [7, 11) is 0. The van der Waals surface area contributed by atoms with Crippen LogP contribution in [0, 0.1) is 0 Å². The van der Waals surface area contributed by atoms with E-state index in [1.165, 1.54) is 0 Å². The Morgan fingerprint density at radius 2 is 2.20 bits per heavy atom. The second kappa shape index (κ2) is 5.63. The van der Waals surface area contributed by atoms with Crippen LogP contribution in [-0.4, -0.2) is 23.7 Å². The van der Waals surface area contributed by atoms with Gasteiger partial charge in [0.15, 0.2) is 0 Å². The Balaban J connectivity index is 2.86. The second-order valence-corrected chi connectivity index (χ2v) is 4.95. The van der Waals surface area contributed by atoms with Gasteiger partial charge in [-0.2, -0.15) is 0 Å². The van der Waals surface area contributed by atoms with Crippen LogP contribution < -0.4 is 5.32 Å². The van der Waals surface area contributed by atoms with E-state index in [9.17, 15) is 4.79 Å². The van der Waals surface area contributed by atoms with Gasteiger partial charge in [-0.25, -0.2) is 0 Å². The van der Waals surface area contributed by atoms with Crippen LogP contribution in [-0.2, 0) is 0 Å². The summed E-state index contributed by atoms with van der Waals surface area (Å²) in [4.78, 5) is 11.7. The average molecular weight is 337 g/mol. The Morgan fingerprint density at radius 1 is 1.53 bits per heavy atom. The van der Waals surface area contributed by atoms with Crippen molar-refractivity contribution in [2.75, 3.05) is 6.61 Å². The van der Waals surface area contributed by atoms with E-state index in [0.29, 0.717) is 5.56 Å². The molecule has 82 valence electrons. The molecule has 1 aromatic rings. The number of hydrogen-bond acceptors (Lipinski definition) is 2. The van der Waals surface area contributed by atoms with Crippen molar-refractivity contribution in [2.45, 2.75) is 13.0 Å². The average Bonchev–Trinajstić information content (AvgIpc) is 2.21. The lowest BCUT2D eigenvalue weighted by atomic mass is 10.2. The van der Waals surface area contributed by atoms with Gasteiger partial charge in [-0.3, -0.25) is 4.79 Å². The lowest BCUT2D eigenvalue weighted by Gasteiger charge is -2.11. The lowest BCUT2D eigenvalue weighted by Crippen LogP contribution is -2.35. The fourth-order valence-electron chi connectivity index (χ4n) is 1.02. The third kappa shape index (κ3) is 3.59. The number of amides is 1. The standard InChI is InChI=1S/C10H11Br2NO2/c1-6(5-14)13-10(15)8-4-7(11)2-3-9(8)12/h2-4,6,14H,5H2,1H3,(H,13,15)/t6-/m1/s1. The molecule has 0 fully saturated rings. The highest BCUT2D eigenvalue weighted by Crippen LogP contribution is 2.21. The van der Waals surface area contributed by atoms with E-state index < -0.39 is 0 Å². The van der Waals surface area contributed by atoms with Crippen molar-refractivity contribution >= 4 is 37.8 Å². The first-order valence-electron chi connectivity index (χ1n) is 4.41. The van der Waals surface area contributed by atoms with Gasteiger partial charge in [-0.1, -0.05) is 15.9 Å². The Labute approximate surface area is 105 Å². The zero-order chi connectivity index (χ0) is 11.4. The molecule has 15 heavy (non-hydrogen) atoms. The number of rotatable bonds is 3. The summed E-state index contributed by atoms with van der Waals surface area (Å²) in [5.41, 5.74) is 0.546. The summed E-state index contributed by atoms with van der Waals surface area (Å²) in [6.45, 7) is 1.67. The van der Waals surface area contributed by atoms with Gasteiger partial charge in [0.05, 0.1) is 12.2 Å². The van der Waals surface area contributed by atoms with E-state index >= 15 is 0 Å². The molecule has 0 heterocycles. The van der Waals surface area contributed by atoms with Gasteiger partial charge < -0.3 is 10.4 Å². The summed E-state index contributed by atoms with van der Waals surface area (Å²) in [6, 6.07) is 5.12. The van der Waals surface area contributed by atoms with Crippen LogP contribution in [0.1, 0.15) is 17.3 Å². The number of halogens is 2. The molecule has 3 nitrogen and oxygen atoms in total. The van der Waals surface area contributed by atoms with Crippen LogP contribution in [0.3, 0.4) is 0 Å².